The number of carbonyl (C=O) groups excluding carboxylic acids is 2. The van der Waals surface area contributed by atoms with Crippen molar-refractivity contribution < 1.29 is 23.5 Å². The van der Waals surface area contributed by atoms with Crippen molar-refractivity contribution in [1.29, 1.82) is 0 Å². The van der Waals surface area contributed by atoms with Gasteiger partial charge in [0.05, 0.1) is 18.1 Å². The average molecular weight is 351 g/mol. The highest BCUT2D eigenvalue weighted by atomic mass is 32.1. The van der Waals surface area contributed by atoms with Crippen molar-refractivity contribution in [2.45, 2.75) is 19.4 Å². The molecule has 5 nitrogen and oxygen atoms in total. The summed E-state index contributed by atoms with van der Waals surface area (Å²) in [6, 6.07) is 8.42. The lowest BCUT2D eigenvalue weighted by Gasteiger charge is -2.13. The van der Waals surface area contributed by atoms with Crippen LogP contribution in [0.15, 0.2) is 41.8 Å². The fraction of sp³-hybridized carbons (Fsp3) is 0.294. The number of halogens is 1. The molecule has 7 heteroatoms. The molecule has 0 saturated carbocycles. The number of ether oxygens (including phenoxy) is 2. The molecular weight excluding hydrogens is 333 g/mol. The maximum atomic E-state index is 12.7. The normalized spacial score (nSPS) is 11.6. The molecule has 2 rings (SSSR count). The fourth-order valence-corrected chi connectivity index (χ4v) is 2.44. The van der Waals surface area contributed by atoms with Crippen LogP contribution in [-0.2, 0) is 9.53 Å². The minimum absolute atomic E-state index is 0.180. The van der Waals surface area contributed by atoms with Crippen LogP contribution in [0.2, 0.25) is 0 Å². The van der Waals surface area contributed by atoms with Crippen molar-refractivity contribution in [3.63, 3.8) is 0 Å². The zero-order valence-corrected chi connectivity index (χ0v) is 14.0. The highest BCUT2D eigenvalue weighted by Gasteiger charge is 2.18. The Bertz CT molecular complexity index is 658. The summed E-state index contributed by atoms with van der Waals surface area (Å²) >= 11 is 1.30. The summed E-state index contributed by atoms with van der Waals surface area (Å²) in [7, 11) is 0. The Hall–Kier alpha value is -2.41. The van der Waals surface area contributed by atoms with Crippen LogP contribution in [0.3, 0.4) is 0 Å². The lowest BCUT2D eigenvalue weighted by molar-refractivity contribution is -0.145. The zero-order valence-electron chi connectivity index (χ0n) is 13.2. The summed E-state index contributed by atoms with van der Waals surface area (Å²) in [5.41, 5.74) is 0. The number of carbonyl (C=O) groups is 2. The number of esters is 1. The molecule has 1 N–H and O–H groups in total. The molecule has 24 heavy (non-hydrogen) atoms. The Morgan fingerprint density at radius 1 is 1.21 bits per heavy atom. The molecule has 1 aromatic carbocycles. The third kappa shape index (κ3) is 5.66. The Balaban J connectivity index is 1.62. The van der Waals surface area contributed by atoms with Crippen molar-refractivity contribution in [2.24, 2.45) is 0 Å². The molecule has 1 unspecified atom stereocenters. The molecule has 0 fully saturated rings. The van der Waals surface area contributed by atoms with Crippen LogP contribution in [0.4, 0.5) is 4.39 Å². The van der Waals surface area contributed by atoms with Gasteiger partial charge in [-0.2, -0.15) is 0 Å². The molecule has 0 radical (unpaired) electrons. The molecule has 0 saturated heterocycles. The van der Waals surface area contributed by atoms with E-state index < -0.39 is 12.0 Å². The number of nitrogens with one attached hydrogen (secondary N) is 1. The standard InChI is InChI=1S/C17H18FNO4S/c1-12(19-16(20)15-4-2-11-24-15)17(21)23-10-3-9-22-14-7-5-13(18)6-8-14/h2,4-8,11-12H,3,9-10H2,1H3,(H,19,20). The SMILES string of the molecule is CC(NC(=O)c1cccs1)C(=O)OCCCOc1ccc(F)cc1. The van der Waals surface area contributed by atoms with Gasteiger partial charge >= 0.3 is 5.97 Å². The molecule has 2 aromatic rings. The lowest BCUT2D eigenvalue weighted by Crippen LogP contribution is -2.39. The van der Waals surface area contributed by atoms with E-state index in [0.29, 0.717) is 23.7 Å². The van der Waals surface area contributed by atoms with Gasteiger partial charge in [-0.3, -0.25) is 4.79 Å². The number of amides is 1. The van der Waals surface area contributed by atoms with Gasteiger partial charge in [0.25, 0.3) is 5.91 Å². The molecular formula is C17H18FNO4S. The fourth-order valence-electron chi connectivity index (χ4n) is 1.81. The van der Waals surface area contributed by atoms with Gasteiger partial charge in [-0.15, -0.1) is 11.3 Å². The number of benzene rings is 1. The third-order valence-corrected chi connectivity index (χ3v) is 3.93. The molecule has 0 aliphatic rings. The van der Waals surface area contributed by atoms with Gasteiger partial charge in [0, 0.05) is 6.42 Å². The summed E-state index contributed by atoms with van der Waals surface area (Å²) in [5.74, 6) is -0.565. The zero-order chi connectivity index (χ0) is 17.4. The van der Waals surface area contributed by atoms with Crippen molar-refractivity contribution in [3.8, 4) is 5.75 Å². The number of rotatable bonds is 8. The van der Waals surface area contributed by atoms with Crippen LogP contribution in [0.1, 0.15) is 23.0 Å². The van der Waals surface area contributed by atoms with E-state index in [2.05, 4.69) is 5.32 Å². The van der Waals surface area contributed by atoms with E-state index >= 15 is 0 Å². The topological polar surface area (TPSA) is 64.6 Å². The first-order valence-electron chi connectivity index (χ1n) is 7.45. The summed E-state index contributed by atoms with van der Waals surface area (Å²) in [6.07, 6.45) is 0.495. The van der Waals surface area contributed by atoms with E-state index in [9.17, 15) is 14.0 Å². The van der Waals surface area contributed by atoms with Crippen LogP contribution in [-0.4, -0.2) is 31.1 Å². The van der Waals surface area contributed by atoms with Crippen molar-refractivity contribution >= 4 is 23.2 Å². The maximum Gasteiger partial charge on any atom is 0.328 e. The maximum absolute atomic E-state index is 12.7. The molecule has 1 heterocycles. The first-order chi connectivity index (χ1) is 11.6. The van der Waals surface area contributed by atoms with E-state index in [-0.39, 0.29) is 18.3 Å². The summed E-state index contributed by atoms with van der Waals surface area (Å²) < 4.78 is 23.2. The average Bonchev–Trinajstić information content (AvgIpc) is 3.10. The summed E-state index contributed by atoms with van der Waals surface area (Å²) in [5, 5.41) is 4.37. The Labute approximate surface area is 143 Å². The predicted molar refractivity (Wildman–Crippen MR) is 88.7 cm³/mol. The minimum Gasteiger partial charge on any atom is -0.493 e. The minimum atomic E-state index is -0.724. The van der Waals surface area contributed by atoms with Crippen LogP contribution in [0, 0.1) is 5.82 Å². The highest BCUT2D eigenvalue weighted by Crippen LogP contribution is 2.11. The van der Waals surface area contributed by atoms with Gasteiger partial charge in [-0.05, 0) is 42.6 Å². The van der Waals surface area contributed by atoms with Gasteiger partial charge < -0.3 is 14.8 Å². The van der Waals surface area contributed by atoms with E-state index in [1.165, 1.54) is 35.6 Å². The second-order valence-electron chi connectivity index (χ2n) is 5.00. The van der Waals surface area contributed by atoms with Crippen LogP contribution >= 0.6 is 11.3 Å². The number of thiophene rings is 1. The van der Waals surface area contributed by atoms with Gasteiger partial charge in [0.1, 0.15) is 17.6 Å². The Morgan fingerprint density at radius 2 is 1.96 bits per heavy atom. The molecule has 1 atom stereocenters. The lowest BCUT2D eigenvalue weighted by atomic mass is 10.3. The van der Waals surface area contributed by atoms with Crippen molar-refractivity contribution in [3.05, 3.63) is 52.5 Å². The third-order valence-electron chi connectivity index (χ3n) is 3.06. The summed E-state index contributed by atoms with van der Waals surface area (Å²) in [4.78, 5) is 24.2. The van der Waals surface area contributed by atoms with Crippen molar-refractivity contribution in [2.75, 3.05) is 13.2 Å². The molecule has 1 amide bonds. The first kappa shape index (κ1) is 17.9. The number of hydrogen-bond acceptors (Lipinski definition) is 5. The second kappa shape index (κ2) is 9.02. The molecule has 1 aromatic heterocycles. The van der Waals surface area contributed by atoms with Crippen molar-refractivity contribution in [1.82, 2.24) is 5.32 Å². The molecule has 0 bridgehead atoms. The van der Waals surface area contributed by atoms with Crippen LogP contribution in [0.25, 0.3) is 0 Å². The predicted octanol–water partition coefficient (Wildman–Crippen LogP) is 3.02. The molecule has 0 aliphatic carbocycles. The second-order valence-corrected chi connectivity index (χ2v) is 5.94. The van der Waals surface area contributed by atoms with E-state index in [1.54, 1.807) is 24.4 Å². The van der Waals surface area contributed by atoms with Crippen LogP contribution < -0.4 is 10.1 Å². The van der Waals surface area contributed by atoms with E-state index in [1.807, 2.05) is 0 Å². The first-order valence-corrected chi connectivity index (χ1v) is 8.33. The Kier molecular flexibility index (Phi) is 6.74. The molecule has 0 aliphatic heterocycles. The van der Waals surface area contributed by atoms with Crippen LogP contribution in [0.5, 0.6) is 5.75 Å². The van der Waals surface area contributed by atoms with Gasteiger partial charge in [0.15, 0.2) is 0 Å². The largest absolute Gasteiger partial charge is 0.493 e. The van der Waals surface area contributed by atoms with E-state index in [0.717, 1.165) is 0 Å². The smallest absolute Gasteiger partial charge is 0.328 e. The molecule has 0 spiro atoms. The quantitative estimate of drug-likeness (QED) is 0.586. The monoisotopic (exact) mass is 351 g/mol. The highest BCUT2D eigenvalue weighted by molar-refractivity contribution is 7.12. The van der Waals surface area contributed by atoms with Gasteiger partial charge in [0.2, 0.25) is 0 Å². The van der Waals surface area contributed by atoms with Gasteiger partial charge in [-0.1, -0.05) is 6.07 Å². The molecule has 128 valence electrons. The Morgan fingerprint density at radius 3 is 2.62 bits per heavy atom. The van der Waals surface area contributed by atoms with Gasteiger partial charge in [-0.25, -0.2) is 9.18 Å². The van der Waals surface area contributed by atoms with E-state index in [4.69, 9.17) is 9.47 Å². The number of hydrogen-bond donors (Lipinski definition) is 1. The summed E-state index contributed by atoms with van der Waals surface area (Å²) in [6.45, 7) is 2.09.